The number of nitrogens with zero attached hydrogens (tertiary/aromatic N) is 2. The van der Waals surface area contributed by atoms with Gasteiger partial charge in [0.15, 0.2) is 0 Å². The molecule has 0 amide bonds. The molecule has 2 N–H and O–H groups in total. The smallest absolute Gasteiger partial charge is 0.283 e. The Morgan fingerprint density at radius 3 is 3.00 bits per heavy atom. The van der Waals surface area contributed by atoms with Gasteiger partial charge in [0.2, 0.25) is 0 Å². The molecule has 0 spiro atoms. The Morgan fingerprint density at radius 2 is 2.32 bits per heavy atom. The maximum absolute atomic E-state index is 12.0. The third-order valence-electron chi connectivity index (χ3n) is 2.94. The third kappa shape index (κ3) is 4.29. The largest absolute Gasteiger partial charge is 0.383 e. The number of halogens is 1. The van der Waals surface area contributed by atoms with Gasteiger partial charge in [0.05, 0.1) is 25.0 Å². The number of aromatic nitrogens is 2. The second kappa shape index (κ2) is 7.02. The summed E-state index contributed by atoms with van der Waals surface area (Å²) in [6.07, 6.45) is 4.22. The van der Waals surface area contributed by atoms with Crippen molar-refractivity contribution in [2.24, 2.45) is 0 Å². The van der Waals surface area contributed by atoms with Crippen LogP contribution >= 0.6 is 15.9 Å². The normalized spacial score (nSPS) is 14.6. The van der Waals surface area contributed by atoms with Crippen molar-refractivity contribution in [1.82, 2.24) is 15.1 Å². The van der Waals surface area contributed by atoms with E-state index in [4.69, 9.17) is 4.74 Å². The number of methoxy groups -OCH3 is 1. The molecule has 1 aliphatic rings. The second-order valence-electron chi connectivity index (χ2n) is 4.55. The summed E-state index contributed by atoms with van der Waals surface area (Å²) < 4.78 is 6.85. The van der Waals surface area contributed by atoms with Crippen LogP contribution in [0.15, 0.2) is 15.5 Å². The lowest BCUT2D eigenvalue weighted by atomic mass is 10.4. The monoisotopic (exact) mass is 330 g/mol. The van der Waals surface area contributed by atoms with Crippen LogP contribution in [-0.2, 0) is 11.3 Å². The van der Waals surface area contributed by atoms with Crippen molar-refractivity contribution in [2.45, 2.75) is 25.4 Å². The minimum Gasteiger partial charge on any atom is -0.383 e. The molecule has 1 saturated carbocycles. The van der Waals surface area contributed by atoms with Crippen molar-refractivity contribution < 1.29 is 4.74 Å². The molecule has 0 bridgehead atoms. The standard InChI is InChI=1S/C12H19BrN4O2/c1-19-7-6-17-12(18)11(13)10(8-16-17)15-5-4-14-9-2-3-9/h8-9,14-15H,2-7H2,1H3. The van der Waals surface area contributed by atoms with E-state index in [9.17, 15) is 4.79 Å². The van der Waals surface area contributed by atoms with Gasteiger partial charge in [-0.2, -0.15) is 5.10 Å². The molecule has 0 saturated heterocycles. The highest BCUT2D eigenvalue weighted by Gasteiger charge is 2.19. The molecule has 2 rings (SSSR count). The van der Waals surface area contributed by atoms with Crippen LogP contribution in [0, 0.1) is 0 Å². The third-order valence-corrected chi connectivity index (χ3v) is 3.71. The Kier molecular flexibility index (Phi) is 5.35. The van der Waals surface area contributed by atoms with E-state index in [1.54, 1.807) is 13.3 Å². The maximum atomic E-state index is 12.0. The first-order valence-corrected chi connectivity index (χ1v) is 7.23. The molecule has 19 heavy (non-hydrogen) atoms. The van der Waals surface area contributed by atoms with E-state index >= 15 is 0 Å². The average molecular weight is 331 g/mol. The highest BCUT2D eigenvalue weighted by atomic mass is 79.9. The number of hydrogen-bond donors (Lipinski definition) is 2. The van der Waals surface area contributed by atoms with Crippen molar-refractivity contribution >= 4 is 21.6 Å². The van der Waals surface area contributed by atoms with E-state index in [1.807, 2.05) is 0 Å². The lowest BCUT2D eigenvalue weighted by molar-refractivity contribution is 0.181. The lowest BCUT2D eigenvalue weighted by Crippen LogP contribution is -2.28. The van der Waals surface area contributed by atoms with Gasteiger partial charge in [0.25, 0.3) is 5.56 Å². The van der Waals surface area contributed by atoms with Gasteiger partial charge < -0.3 is 15.4 Å². The Hall–Kier alpha value is -0.920. The zero-order valence-electron chi connectivity index (χ0n) is 11.0. The Morgan fingerprint density at radius 1 is 1.53 bits per heavy atom. The van der Waals surface area contributed by atoms with Gasteiger partial charge in [-0.3, -0.25) is 4.79 Å². The molecular formula is C12H19BrN4O2. The number of nitrogens with one attached hydrogen (secondary N) is 2. The van der Waals surface area contributed by atoms with Crippen molar-refractivity contribution in [3.05, 3.63) is 21.0 Å². The predicted octanol–water partition coefficient (Wildman–Crippen LogP) is 0.816. The maximum Gasteiger partial charge on any atom is 0.283 e. The van der Waals surface area contributed by atoms with Crippen LogP contribution in [0.3, 0.4) is 0 Å². The number of ether oxygens (including phenoxy) is 1. The highest BCUT2D eigenvalue weighted by molar-refractivity contribution is 9.10. The molecule has 7 heteroatoms. The van der Waals surface area contributed by atoms with E-state index in [1.165, 1.54) is 17.5 Å². The Balaban J connectivity index is 1.89. The quantitative estimate of drug-likeness (QED) is 0.690. The summed E-state index contributed by atoms with van der Waals surface area (Å²) >= 11 is 3.32. The van der Waals surface area contributed by atoms with Gasteiger partial charge in [-0.1, -0.05) is 0 Å². The minimum absolute atomic E-state index is 0.141. The zero-order valence-corrected chi connectivity index (χ0v) is 12.6. The van der Waals surface area contributed by atoms with Crippen molar-refractivity contribution in [1.29, 1.82) is 0 Å². The van der Waals surface area contributed by atoms with E-state index in [0.29, 0.717) is 23.7 Å². The molecule has 1 aromatic rings. The van der Waals surface area contributed by atoms with Gasteiger partial charge in [-0.25, -0.2) is 4.68 Å². The summed E-state index contributed by atoms with van der Waals surface area (Å²) in [5.41, 5.74) is 0.591. The molecule has 106 valence electrons. The van der Waals surface area contributed by atoms with Crippen LogP contribution in [-0.4, -0.2) is 42.6 Å². The molecule has 1 fully saturated rings. The highest BCUT2D eigenvalue weighted by Crippen LogP contribution is 2.18. The summed E-state index contributed by atoms with van der Waals surface area (Å²) in [6, 6.07) is 0.699. The molecule has 0 aromatic carbocycles. The molecule has 0 atom stereocenters. The summed E-state index contributed by atoms with van der Waals surface area (Å²) in [5.74, 6) is 0. The van der Waals surface area contributed by atoms with Crippen molar-refractivity contribution in [3.63, 3.8) is 0 Å². The van der Waals surface area contributed by atoms with Crippen LogP contribution in [0.1, 0.15) is 12.8 Å². The Labute approximate surface area is 120 Å². The zero-order chi connectivity index (χ0) is 13.7. The number of rotatable bonds is 8. The number of hydrogen-bond acceptors (Lipinski definition) is 5. The molecular weight excluding hydrogens is 312 g/mol. The summed E-state index contributed by atoms with van der Waals surface area (Å²) in [7, 11) is 1.60. The molecule has 0 unspecified atom stereocenters. The average Bonchev–Trinajstić information content (AvgIpc) is 3.22. The van der Waals surface area contributed by atoms with Gasteiger partial charge in [0.1, 0.15) is 4.47 Å². The first-order valence-electron chi connectivity index (χ1n) is 6.44. The van der Waals surface area contributed by atoms with E-state index in [0.717, 1.165) is 18.8 Å². The fourth-order valence-corrected chi connectivity index (χ4v) is 2.13. The molecule has 1 heterocycles. The molecule has 0 aliphatic heterocycles. The second-order valence-corrected chi connectivity index (χ2v) is 5.34. The predicted molar refractivity (Wildman–Crippen MR) is 77.6 cm³/mol. The van der Waals surface area contributed by atoms with Crippen LogP contribution in [0.2, 0.25) is 0 Å². The first-order chi connectivity index (χ1) is 9.22. The summed E-state index contributed by atoms with van der Waals surface area (Å²) in [6.45, 7) is 2.59. The summed E-state index contributed by atoms with van der Waals surface area (Å²) in [5, 5.41) is 10.7. The number of anilines is 1. The van der Waals surface area contributed by atoms with Gasteiger partial charge >= 0.3 is 0 Å². The summed E-state index contributed by atoms with van der Waals surface area (Å²) in [4.78, 5) is 12.0. The lowest BCUT2D eigenvalue weighted by Gasteiger charge is -2.10. The Bertz CT molecular complexity index is 473. The van der Waals surface area contributed by atoms with E-state index in [2.05, 4.69) is 31.7 Å². The van der Waals surface area contributed by atoms with Crippen LogP contribution in [0.25, 0.3) is 0 Å². The molecule has 1 aliphatic carbocycles. The van der Waals surface area contributed by atoms with Gasteiger partial charge in [0, 0.05) is 26.2 Å². The van der Waals surface area contributed by atoms with Gasteiger partial charge in [-0.05, 0) is 28.8 Å². The van der Waals surface area contributed by atoms with Crippen molar-refractivity contribution in [3.8, 4) is 0 Å². The van der Waals surface area contributed by atoms with E-state index < -0.39 is 0 Å². The molecule has 0 radical (unpaired) electrons. The SMILES string of the molecule is COCCn1ncc(NCCNC2CC2)c(Br)c1=O. The van der Waals surface area contributed by atoms with E-state index in [-0.39, 0.29) is 5.56 Å². The topological polar surface area (TPSA) is 68.2 Å². The fourth-order valence-electron chi connectivity index (χ4n) is 1.69. The van der Waals surface area contributed by atoms with Crippen LogP contribution < -0.4 is 16.2 Å². The van der Waals surface area contributed by atoms with Crippen molar-refractivity contribution in [2.75, 3.05) is 32.1 Å². The fraction of sp³-hybridized carbons (Fsp3) is 0.667. The minimum atomic E-state index is -0.141. The first kappa shape index (κ1) is 14.5. The van der Waals surface area contributed by atoms with Crippen LogP contribution in [0.4, 0.5) is 5.69 Å². The molecule has 6 nitrogen and oxygen atoms in total. The van der Waals surface area contributed by atoms with Crippen LogP contribution in [0.5, 0.6) is 0 Å². The van der Waals surface area contributed by atoms with Gasteiger partial charge in [-0.15, -0.1) is 0 Å². The molecule has 1 aromatic heterocycles.